The minimum absolute atomic E-state index is 0.0830. The molecule has 0 bridgehead atoms. The van der Waals surface area contributed by atoms with Gasteiger partial charge >= 0.3 is 0 Å². The number of ether oxygens (including phenoxy) is 1. The number of hydrogen-bond donors (Lipinski definition) is 1. The summed E-state index contributed by atoms with van der Waals surface area (Å²) in [6.45, 7) is 3.34. The molecule has 4 heterocycles. The molecule has 2 aromatic heterocycles. The molecular weight excluding hydrogens is 432 g/mol. The molecule has 1 aliphatic carbocycles. The van der Waals surface area contributed by atoms with Gasteiger partial charge in [-0.3, -0.25) is 9.69 Å². The summed E-state index contributed by atoms with van der Waals surface area (Å²) >= 11 is 0. The summed E-state index contributed by atoms with van der Waals surface area (Å²) in [7, 11) is 1.64. The van der Waals surface area contributed by atoms with Crippen LogP contribution < -0.4 is 15.0 Å². The smallest absolute Gasteiger partial charge is 0.240 e. The molecule has 1 atom stereocenters. The van der Waals surface area contributed by atoms with Crippen molar-refractivity contribution in [2.24, 2.45) is 5.92 Å². The molecule has 2 aliphatic heterocycles. The second-order valence-corrected chi connectivity index (χ2v) is 9.51. The number of benzene rings is 1. The minimum atomic E-state index is -0.726. The monoisotopic (exact) mass is 460 g/mol. The first-order valence-corrected chi connectivity index (χ1v) is 11.8. The Kier molecular flexibility index (Phi) is 5.21. The fraction of sp³-hybridized carbons (Fsp3) is 0.440. The van der Waals surface area contributed by atoms with E-state index in [1.165, 1.54) is 12.8 Å². The van der Waals surface area contributed by atoms with E-state index in [1.54, 1.807) is 13.4 Å². The zero-order chi connectivity index (χ0) is 23.1. The van der Waals surface area contributed by atoms with Crippen LogP contribution in [0.15, 0.2) is 47.3 Å². The number of aromatic nitrogens is 3. The molecule has 3 aromatic rings. The fourth-order valence-corrected chi connectivity index (χ4v) is 5.09. The number of carbonyl (C=O) groups is 1. The van der Waals surface area contributed by atoms with Crippen LogP contribution >= 0.6 is 0 Å². The van der Waals surface area contributed by atoms with Gasteiger partial charge in [0, 0.05) is 49.7 Å². The Morgan fingerprint density at radius 2 is 2.09 bits per heavy atom. The van der Waals surface area contributed by atoms with Gasteiger partial charge in [-0.2, -0.15) is 0 Å². The van der Waals surface area contributed by atoms with E-state index in [0.717, 1.165) is 41.5 Å². The van der Waals surface area contributed by atoms with Crippen LogP contribution in [0.3, 0.4) is 0 Å². The van der Waals surface area contributed by atoms with E-state index < -0.39 is 5.41 Å². The van der Waals surface area contributed by atoms with Gasteiger partial charge in [-0.25, -0.2) is 9.97 Å². The van der Waals surface area contributed by atoms with E-state index in [2.05, 4.69) is 20.4 Å². The maximum atomic E-state index is 14.2. The van der Waals surface area contributed by atoms with Gasteiger partial charge in [0.1, 0.15) is 17.4 Å². The second-order valence-electron chi connectivity index (χ2n) is 9.51. The SMILES string of the molecule is COc1ccc(N2Cc3cnc(NCC4CC4)nc3C3(CCN(Cc4ccon4)C3)C2=O)cc1. The number of carbonyl (C=O) groups excluding carboxylic acids is 1. The topological polar surface area (TPSA) is 96.6 Å². The molecular formula is C25H28N6O3. The molecule has 176 valence electrons. The number of nitrogens with zero attached hydrogens (tertiary/aromatic N) is 5. The van der Waals surface area contributed by atoms with Crippen LogP contribution in [0, 0.1) is 5.92 Å². The van der Waals surface area contributed by atoms with E-state index in [4.69, 9.17) is 14.2 Å². The quantitative estimate of drug-likeness (QED) is 0.575. The summed E-state index contributed by atoms with van der Waals surface area (Å²) in [6, 6.07) is 9.51. The number of fused-ring (bicyclic) bond motifs is 2. The fourth-order valence-electron chi connectivity index (χ4n) is 5.09. The number of anilines is 2. The van der Waals surface area contributed by atoms with Gasteiger partial charge in [0.25, 0.3) is 0 Å². The van der Waals surface area contributed by atoms with Crippen LogP contribution in [0.1, 0.15) is 36.2 Å². The number of amides is 1. The van der Waals surface area contributed by atoms with Gasteiger partial charge in [0.15, 0.2) is 0 Å². The van der Waals surface area contributed by atoms with Gasteiger partial charge < -0.3 is 19.5 Å². The zero-order valence-corrected chi connectivity index (χ0v) is 19.2. The van der Waals surface area contributed by atoms with Crippen LogP contribution in [0.25, 0.3) is 0 Å². The summed E-state index contributed by atoms with van der Waals surface area (Å²) in [5, 5.41) is 7.44. The van der Waals surface area contributed by atoms with E-state index in [1.807, 2.05) is 41.4 Å². The Labute approximate surface area is 198 Å². The highest BCUT2D eigenvalue weighted by atomic mass is 16.5. The van der Waals surface area contributed by atoms with Crippen molar-refractivity contribution in [2.45, 2.75) is 37.8 Å². The second kappa shape index (κ2) is 8.39. The lowest BCUT2D eigenvalue weighted by Crippen LogP contribution is -2.53. The Morgan fingerprint density at radius 3 is 2.82 bits per heavy atom. The van der Waals surface area contributed by atoms with E-state index in [-0.39, 0.29) is 5.91 Å². The van der Waals surface area contributed by atoms with Gasteiger partial charge in [-0.15, -0.1) is 0 Å². The summed E-state index contributed by atoms with van der Waals surface area (Å²) in [5.74, 6) is 2.17. The Balaban J connectivity index is 1.35. The van der Waals surface area contributed by atoms with Crippen molar-refractivity contribution in [2.75, 3.05) is 37.0 Å². The Hall–Kier alpha value is -3.46. The van der Waals surface area contributed by atoms with Gasteiger partial charge in [-0.1, -0.05) is 5.16 Å². The zero-order valence-electron chi connectivity index (χ0n) is 19.2. The molecule has 2 fully saturated rings. The van der Waals surface area contributed by atoms with E-state index >= 15 is 0 Å². The maximum absolute atomic E-state index is 14.2. The number of methoxy groups -OCH3 is 1. The number of rotatable bonds is 7. The van der Waals surface area contributed by atoms with E-state index in [0.29, 0.717) is 37.9 Å². The minimum Gasteiger partial charge on any atom is -0.497 e. The molecule has 6 rings (SSSR count). The Morgan fingerprint density at radius 1 is 1.24 bits per heavy atom. The molecule has 1 saturated heterocycles. The highest BCUT2D eigenvalue weighted by molar-refractivity contribution is 6.03. The first-order valence-electron chi connectivity index (χ1n) is 11.8. The molecule has 0 radical (unpaired) electrons. The lowest BCUT2D eigenvalue weighted by molar-refractivity contribution is -0.124. The van der Waals surface area contributed by atoms with Crippen LogP contribution in [-0.2, 0) is 23.3 Å². The van der Waals surface area contributed by atoms with Crippen molar-refractivity contribution in [1.82, 2.24) is 20.0 Å². The van der Waals surface area contributed by atoms with Gasteiger partial charge in [-0.05, 0) is 49.4 Å². The van der Waals surface area contributed by atoms with Crippen molar-refractivity contribution < 1.29 is 14.1 Å². The van der Waals surface area contributed by atoms with Crippen LogP contribution in [0.4, 0.5) is 11.6 Å². The molecule has 1 aromatic carbocycles. The third kappa shape index (κ3) is 3.79. The number of hydrogen-bond acceptors (Lipinski definition) is 8. The standard InChI is InChI=1S/C25H28N6O3/c1-33-21-6-4-20(5-7-21)31-14-18-13-27-24(26-12-17-2-3-17)28-22(18)25(23(31)32)9-10-30(16-25)15-19-8-11-34-29-19/h4-8,11,13,17H,2-3,9-10,12,14-16H2,1H3,(H,26,27,28). The van der Waals surface area contributed by atoms with Gasteiger partial charge in [0.2, 0.25) is 11.9 Å². The molecule has 9 heteroatoms. The lowest BCUT2D eigenvalue weighted by Gasteiger charge is -2.40. The first-order chi connectivity index (χ1) is 16.6. The summed E-state index contributed by atoms with van der Waals surface area (Å²) in [6.07, 6.45) is 6.69. The van der Waals surface area contributed by atoms with Crippen molar-refractivity contribution >= 4 is 17.5 Å². The molecule has 1 saturated carbocycles. The lowest BCUT2D eigenvalue weighted by atomic mass is 9.77. The average Bonchev–Trinajstić information content (AvgIpc) is 3.38. The van der Waals surface area contributed by atoms with Crippen LogP contribution in [0.5, 0.6) is 5.75 Å². The molecule has 1 unspecified atom stereocenters. The Bertz CT molecular complexity index is 1180. The summed E-state index contributed by atoms with van der Waals surface area (Å²) < 4.78 is 10.3. The maximum Gasteiger partial charge on any atom is 0.240 e. The molecule has 1 spiro atoms. The highest BCUT2D eigenvalue weighted by Crippen LogP contribution is 2.43. The average molecular weight is 461 g/mol. The third-order valence-electron chi connectivity index (χ3n) is 7.16. The highest BCUT2D eigenvalue weighted by Gasteiger charge is 2.53. The van der Waals surface area contributed by atoms with Crippen molar-refractivity contribution in [1.29, 1.82) is 0 Å². The molecule has 3 aliphatic rings. The third-order valence-corrected chi connectivity index (χ3v) is 7.16. The number of nitrogens with one attached hydrogen (secondary N) is 1. The van der Waals surface area contributed by atoms with Crippen LogP contribution in [-0.4, -0.2) is 52.7 Å². The normalized spacial score (nSPS) is 22.3. The predicted molar refractivity (Wildman–Crippen MR) is 126 cm³/mol. The summed E-state index contributed by atoms with van der Waals surface area (Å²) in [5.41, 5.74) is 2.84. The largest absolute Gasteiger partial charge is 0.497 e. The molecule has 1 N–H and O–H groups in total. The van der Waals surface area contributed by atoms with Crippen molar-refractivity contribution in [3.63, 3.8) is 0 Å². The van der Waals surface area contributed by atoms with Gasteiger partial charge in [0.05, 0.1) is 25.0 Å². The molecule has 34 heavy (non-hydrogen) atoms. The summed E-state index contributed by atoms with van der Waals surface area (Å²) in [4.78, 5) is 27.8. The predicted octanol–water partition coefficient (Wildman–Crippen LogP) is 2.99. The van der Waals surface area contributed by atoms with Crippen molar-refractivity contribution in [3.05, 3.63) is 59.7 Å². The first kappa shape index (κ1) is 21.1. The molecule has 9 nitrogen and oxygen atoms in total. The molecule has 1 amide bonds. The van der Waals surface area contributed by atoms with E-state index in [9.17, 15) is 4.79 Å². The van der Waals surface area contributed by atoms with Crippen molar-refractivity contribution in [3.8, 4) is 5.75 Å². The van der Waals surface area contributed by atoms with Crippen LogP contribution in [0.2, 0.25) is 0 Å². The number of likely N-dealkylation sites (tertiary alicyclic amines) is 1.